The Labute approximate surface area is 191 Å². The van der Waals surface area contributed by atoms with E-state index in [0.717, 1.165) is 12.1 Å². The van der Waals surface area contributed by atoms with Gasteiger partial charge in [-0.3, -0.25) is 9.78 Å². The van der Waals surface area contributed by atoms with Gasteiger partial charge >= 0.3 is 5.97 Å². The van der Waals surface area contributed by atoms with E-state index in [0.29, 0.717) is 39.5 Å². The van der Waals surface area contributed by atoms with Gasteiger partial charge in [0.05, 0.1) is 17.4 Å². The summed E-state index contributed by atoms with van der Waals surface area (Å²) in [6.45, 7) is 10.9. The largest absolute Gasteiger partial charge is 0.476 e. The molecule has 1 aromatic carbocycles. The van der Waals surface area contributed by atoms with E-state index in [4.69, 9.17) is 16.3 Å². The van der Waals surface area contributed by atoms with E-state index in [-0.39, 0.29) is 18.3 Å². The minimum absolute atomic E-state index is 0.0836. The molecule has 1 amide bonds. The lowest BCUT2D eigenvalue weighted by Crippen LogP contribution is -2.22. The molecule has 0 unspecified atom stereocenters. The molecule has 0 aliphatic rings. The van der Waals surface area contributed by atoms with Crippen LogP contribution in [0.3, 0.4) is 0 Å². The molecule has 0 atom stereocenters. The maximum Gasteiger partial charge on any atom is 0.357 e. The van der Waals surface area contributed by atoms with E-state index >= 15 is 0 Å². The van der Waals surface area contributed by atoms with Crippen molar-refractivity contribution in [2.75, 3.05) is 11.9 Å². The predicted molar refractivity (Wildman–Crippen MR) is 128 cm³/mol. The first-order chi connectivity index (χ1) is 15.1. The normalized spacial score (nSPS) is 11.5. The van der Waals surface area contributed by atoms with Gasteiger partial charge in [0.2, 0.25) is 5.91 Å². The molecule has 0 radical (unpaired) electrons. The fraction of sp³-hybridized carbons (Fsp3) is 0.273. The lowest BCUT2D eigenvalue weighted by Gasteiger charge is -2.15. The summed E-state index contributed by atoms with van der Waals surface area (Å²) in [6.07, 6.45) is 2.72. The number of carboxylic acids is 1. The number of anilines is 1. The van der Waals surface area contributed by atoms with Gasteiger partial charge in [0.15, 0.2) is 5.69 Å². The third-order valence-electron chi connectivity index (χ3n) is 4.70. The molecule has 3 aromatic rings. The Morgan fingerprint density at radius 2 is 2.03 bits per heavy atom. The first kappa shape index (κ1) is 23.6. The number of nitrogens with zero attached hydrogens (tertiary/aromatic N) is 3. The van der Waals surface area contributed by atoms with Gasteiger partial charge in [-0.25, -0.2) is 9.48 Å². The quantitative estimate of drug-likeness (QED) is 0.261. The van der Waals surface area contributed by atoms with Crippen LogP contribution >= 0.6 is 11.6 Å². The minimum atomic E-state index is -1.23. The smallest absolute Gasteiger partial charge is 0.357 e. The van der Waals surface area contributed by atoms with Crippen molar-refractivity contribution in [3.8, 4) is 11.3 Å². The molecule has 0 saturated carbocycles. The summed E-state index contributed by atoms with van der Waals surface area (Å²) >= 11 is 6.20. The fourth-order valence-electron chi connectivity index (χ4n) is 3.02. The third kappa shape index (κ3) is 5.81. The maximum absolute atomic E-state index is 11.8. The van der Waals surface area contributed by atoms with Gasteiger partial charge in [0.1, 0.15) is 6.73 Å². The molecule has 10 heteroatoms. The van der Waals surface area contributed by atoms with Crippen LogP contribution in [0.5, 0.6) is 0 Å². The fourth-order valence-corrected chi connectivity index (χ4v) is 4.01. The molecule has 0 fully saturated rings. The Hall–Kier alpha value is -3.01. The van der Waals surface area contributed by atoms with E-state index in [1.807, 2.05) is 0 Å². The highest BCUT2D eigenvalue weighted by atomic mass is 35.5. The molecule has 168 valence electrons. The molecule has 0 saturated heterocycles. The van der Waals surface area contributed by atoms with Crippen molar-refractivity contribution in [2.45, 2.75) is 32.4 Å². The molecular formula is C22H25ClN4O4Si. The van der Waals surface area contributed by atoms with Crippen LogP contribution in [0.15, 0.2) is 43.1 Å². The second-order valence-electron chi connectivity index (χ2n) is 8.51. The van der Waals surface area contributed by atoms with Crippen LogP contribution in [0.2, 0.25) is 30.7 Å². The standard InChI is InChI=1S/C22H25ClN4O4Si/c1-5-20(28)25-16-9-14(8-15(23)10-16)18-11-17-19(12-24-18)27(26-21(17)22(29)30)13-31-6-7-32(2,3)4/h5,8-12H,1,6-7,13H2,2-4H3,(H,25,28)(H,29,30). The van der Waals surface area contributed by atoms with Crippen LogP contribution in [-0.2, 0) is 16.3 Å². The van der Waals surface area contributed by atoms with Crippen molar-refractivity contribution in [1.82, 2.24) is 14.8 Å². The number of carboxylic acid groups (broad SMARTS) is 1. The summed E-state index contributed by atoms with van der Waals surface area (Å²) < 4.78 is 7.25. The summed E-state index contributed by atoms with van der Waals surface area (Å²) in [5.74, 6) is -1.51. The zero-order chi connectivity index (χ0) is 23.5. The van der Waals surface area contributed by atoms with Crippen molar-refractivity contribution < 1.29 is 19.4 Å². The zero-order valence-electron chi connectivity index (χ0n) is 18.2. The molecule has 0 spiro atoms. The second-order valence-corrected chi connectivity index (χ2v) is 14.6. The molecule has 0 aliphatic carbocycles. The number of hydrogen-bond donors (Lipinski definition) is 2. The van der Waals surface area contributed by atoms with Crippen molar-refractivity contribution in [3.05, 3.63) is 53.8 Å². The third-order valence-corrected chi connectivity index (χ3v) is 6.62. The number of nitrogens with one attached hydrogen (secondary N) is 1. The second kappa shape index (κ2) is 9.64. The first-order valence-corrected chi connectivity index (χ1v) is 14.1. The lowest BCUT2D eigenvalue weighted by molar-refractivity contribution is -0.111. The molecule has 2 heterocycles. The van der Waals surface area contributed by atoms with E-state index in [9.17, 15) is 14.7 Å². The highest BCUT2D eigenvalue weighted by Crippen LogP contribution is 2.29. The maximum atomic E-state index is 11.8. The Bertz CT molecular complexity index is 1190. The number of amides is 1. The number of halogens is 1. The van der Waals surface area contributed by atoms with Crippen molar-refractivity contribution >= 4 is 48.1 Å². The number of rotatable bonds is 9. The molecule has 32 heavy (non-hydrogen) atoms. The Kier molecular flexibility index (Phi) is 7.12. The highest BCUT2D eigenvalue weighted by molar-refractivity contribution is 6.76. The number of hydrogen-bond acceptors (Lipinski definition) is 5. The van der Waals surface area contributed by atoms with Crippen LogP contribution in [0.4, 0.5) is 5.69 Å². The molecule has 8 nitrogen and oxygen atoms in total. The van der Waals surface area contributed by atoms with E-state index in [1.54, 1.807) is 30.5 Å². The van der Waals surface area contributed by atoms with Crippen LogP contribution in [0.25, 0.3) is 22.2 Å². The monoisotopic (exact) mass is 472 g/mol. The summed E-state index contributed by atoms with van der Waals surface area (Å²) in [5, 5.41) is 17.3. The average molecular weight is 473 g/mol. The summed E-state index contributed by atoms with van der Waals surface area (Å²) in [7, 11) is -1.23. The number of aromatic carboxylic acids is 1. The number of aromatic nitrogens is 3. The summed E-state index contributed by atoms with van der Waals surface area (Å²) in [6, 6.07) is 7.63. The van der Waals surface area contributed by atoms with Crippen molar-refractivity contribution in [2.24, 2.45) is 0 Å². The number of ether oxygens (including phenoxy) is 1. The van der Waals surface area contributed by atoms with Crippen LogP contribution < -0.4 is 5.32 Å². The number of carbonyl (C=O) groups excluding carboxylic acids is 1. The Morgan fingerprint density at radius 1 is 1.28 bits per heavy atom. The van der Waals surface area contributed by atoms with Gasteiger partial charge in [0, 0.05) is 36.3 Å². The van der Waals surface area contributed by atoms with Gasteiger partial charge in [-0.05, 0) is 36.4 Å². The van der Waals surface area contributed by atoms with Gasteiger partial charge in [-0.2, -0.15) is 5.10 Å². The Balaban J connectivity index is 1.94. The van der Waals surface area contributed by atoms with E-state index in [1.165, 1.54) is 4.68 Å². The minimum Gasteiger partial charge on any atom is -0.476 e. The average Bonchev–Trinajstić information content (AvgIpc) is 3.08. The molecule has 2 N–H and O–H groups in total. The van der Waals surface area contributed by atoms with Gasteiger partial charge < -0.3 is 15.2 Å². The van der Waals surface area contributed by atoms with Gasteiger partial charge in [0.25, 0.3) is 0 Å². The highest BCUT2D eigenvalue weighted by Gasteiger charge is 2.19. The molecule has 0 aliphatic heterocycles. The number of pyridine rings is 1. The van der Waals surface area contributed by atoms with Crippen LogP contribution in [-0.4, -0.2) is 46.4 Å². The molecular weight excluding hydrogens is 448 g/mol. The van der Waals surface area contributed by atoms with Gasteiger partial charge in [-0.15, -0.1) is 0 Å². The van der Waals surface area contributed by atoms with Gasteiger partial charge in [-0.1, -0.05) is 37.8 Å². The summed E-state index contributed by atoms with van der Waals surface area (Å²) in [5.41, 5.74) is 2.07. The number of carbonyl (C=O) groups is 2. The molecule has 0 bridgehead atoms. The Morgan fingerprint density at radius 3 is 2.69 bits per heavy atom. The topological polar surface area (TPSA) is 106 Å². The zero-order valence-corrected chi connectivity index (χ0v) is 19.9. The molecule has 3 rings (SSSR count). The first-order valence-electron chi connectivity index (χ1n) is 9.99. The van der Waals surface area contributed by atoms with Crippen LogP contribution in [0.1, 0.15) is 10.5 Å². The number of fused-ring (bicyclic) bond motifs is 1. The lowest BCUT2D eigenvalue weighted by atomic mass is 10.1. The predicted octanol–water partition coefficient (Wildman–Crippen LogP) is 4.89. The molecule has 2 aromatic heterocycles. The van der Waals surface area contributed by atoms with E-state index < -0.39 is 14.0 Å². The van der Waals surface area contributed by atoms with Crippen molar-refractivity contribution in [3.63, 3.8) is 0 Å². The van der Waals surface area contributed by atoms with Crippen molar-refractivity contribution in [1.29, 1.82) is 0 Å². The van der Waals surface area contributed by atoms with Crippen LogP contribution in [0, 0.1) is 0 Å². The summed E-state index contributed by atoms with van der Waals surface area (Å²) in [4.78, 5) is 27.9. The van der Waals surface area contributed by atoms with E-state index in [2.05, 4.69) is 41.6 Å². The number of benzene rings is 1. The SMILES string of the molecule is C=CC(=O)Nc1cc(Cl)cc(-c2cc3c(C(=O)O)nn(COCC[Si](C)(C)C)c3cn2)c1.